The Morgan fingerprint density at radius 3 is 2.81 bits per heavy atom. The van der Waals surface area contributed by atoms with E-state index in [1.807, 2.05) is 41.3 Å². The van der Waals surface area contributed by atoms with Crippen LogP contribution in [0.15, 0.2) is 48.5 Å². The first kappa shape index (κ1) is 17.2. The van der Waals surface area contributed by atoms with Crippen molar-refractivity contribution in [2.45, 2.75) is 18.9 Å². The Bertz CT molecular complexity index is 929. The normalized spacial score (nSPS) is 18.5. The lowest BCUT2D eigenvalue weighted by molar-refractivity contribution is -0.126. The van der Waals surface area contributed by atoms with E-state index in [0.717, 1.165) is 42.0 Å². The summed E-state index contributed by atoms with van der Waals surface area (Å²) < 4.78 is 11.3. The van der Waals surface area contributed by atoms with Gasteiger partial charge >= 0.3 is 0 Å². The van der Waals surface area contributed by atoms with Crippen LogP contribution in [-0.4, -0.2) is 30.6 Å². The van der Waals surface area contributed by atoms with Gasteiger partial charge in [0.1, 0.15) is 13.2 Å². The largest absolute Gasteiger partial charge is 0.486 e. The van der Waals surface area contributed by atoms with Crippen LogP contribution in [-0.2, 0) is 4.79 Å². The summed E-state index contributed by atoms with van der Waals surface area (Å²) in [7, 11) is 0. The standard InChI is InChI=1S/C22H20N2O3/c23-15-18-5-2-1-4-16(18)8-10-22(25)24-11-3-6-19(24)17-7-9-20-21(14-17)27-13-12-26-20/h1-2,4-5,7-10,14,19H,3,6,11-13H2. The molecule has 2 aliphatic heterocycles. The Kier molecular flexibility index (Phi) is 4.80. The predicted octanol–water partition coefficient (Wildman–Crippen LogP) is 3.71. The maximum atomic E-state index is 12.8. The van der Waals surface area contributed by atoms with Gasteiger partial charge < -0.3 is 14.4 Å². The molecular formula is C22H20N2O3. The monoisotopic (exact) mass is 360 g/mol. The Hall–Kier alpha value is -3.26. The lowest BCUT2D eigenvalue weighted by atomic mass is 10.0. The van der Waals surface area contributed by atoms with Gasteiger partial charge in [-0.15, -0.1) is 0 Å². The van der Waals surface area contributed by atoms with Gasteiger partial charge in [0, 0.05) is 12.6 Å². The first-order valence-electron chi connectivity index (χ1n) is 9.13. The zero-order valence-electron chi connectivity index (χ0n) is 14.9. The van der Waals surface area contributed by atoms with Gasteiger partial charge in [0.05, 0.1) is 17.7 Å². The molecule has 1 unspecified atom stereocenters. The van der Waals surface area contributed by atoms with Gasteiger partial charge in [-0.05, 0) is 48.2 Å². The second kappa shape index (κ2) is 7.55. The van der Waals surface area contributed by atoms with E-state index >= 15 is 0 Å². The van der Waals surface area contributed by atoms with E-state index in [1.54, 1.807) is 18.2 Å². The van der Waals surface area contributed by atoms with E-state index in [-0.39, 0.29) is 11.9 Å². The fourth-order valence-electron chi connectivity index (χ4n) is 3.65. The maximum Gasteiger partial charge on any atom is 0.247 e. The molecule has 0 aliphatic carbocycles. The van der Waals surface area contributed by atoms with Crippen LogP contribution in [0.5, 0.6) is 11.5 Å². The molecule has 2 heterocycles. The van der Waals surface area contributed by atoms with Crippen LogP contribution >= 0.6 is 0 Å². The number of amides is 1. The number of hydrogen-bond donors (Lipinski definition) is 0. The van der Waals surface area contributed by atoms with Gasteiger partial charge in [-0.2, -0.15) is 5.26 Å². The number of likely N-dealkylation sites (tertiary alicyclic amines) is 1. The highest BCUT2D eigenvalue weighted by Crippen LogP contribution is 2.38. The third-order valence-corrected chi connectivity index (χ3v) is 4.97. The van der Waals surface area contributed by atoms with Crippen LogP contribution in [0.1, 0.15) is 35.6 Å². The number of carbonyl (C=O) groups excluding carboxylic acids is 1. The average molecular weight is 360 g/mol. The van der Waals surface area contributed by atoms with Crippen LogP contribution in [0.3, 0.4) is 0 Å². The molecule has 0 saturated carbocycles. The Labute approximate surface area is 158 Å². The molecule has 4 rings (SSSR count). The number of ether oxygens (including phenoxy) is 2. The molecule has 0 N–H and O–H groups in total. The Balaban J connectivity index is 1.54. The van der Waals surface area contributed by atoms with Crippen molar-refractivity contribution in [3.63, 3.8) is 0 Å². The topological polar surface area (TPSA) is 62.6 Å². The summed E-state index contributed by atoms with van der Waals surface area (Å²) in [5.41, 5.74) is 2.38. The summed E-state index contributed by atoms with van der Waals surface area (Å²) in [4.78, 5) is 14.7. The molecule has 1 saturated heterocycles. The van der Waals surface area contributed by atoms with Crippen LogP contribution in [0, 0.1) is 11.3 Å². The van der Waals surface area contributed by atoms with Crippen molar-refractivity contribution in [3.05, 3.63) is 65.2 Å². The molecule has 0 radical (unpaired) electrons. The van der Waals surface area contributed by atoms with Crippen LogP contribution in [0.2, 0.25) is 0 Å². The van der Waals surface area contributed by atoms with Crippen molar-refractivity contribution < 1.29 is 14.3 Å². The highest BCUT2D eigenvalue weighted by atomic mass is 16.6. The summed E-state index contributed by atoms with van der Waals surface area (Å²) in [5, 5.41) is 9.18. The molecule has 1 fully saturated rings. The van der Waals surface area contributed by atoms with Crippen LogP contribution < -0.4 is 9.47 Å². The third kappa shape index (κ3) is 3.52. The molecule has 136 valence electrons. The van der Waals surface area contributed by atoms with E-state index in [2.05, 4.69) is 6.07 Å². The minimum Gasteiger partial charge on any atom is -0.486 e. The minimum absolute atomic E-state index is 0.0317. The first-order chi connectivity index (χ1) is 13.3. The van der Waals surface area contributed by atoms with Crippen molar-refractivity contribution in [3.8, 4) is 17.6 Å². The lowest BCUT2D eigenvalue weighted by Crippen LogP contribution is -2.29. The smallest absolute Gasteiger partial charge is 0.247 e. The van der Waals surface area contributed by atoms with Crippen molar-refractivity contribution in [2.75, 3.05) is 19.8 Å². The maximum absolute atomic E-state index is 12.8. The van der Waals surface area contributed by atoms with Gasteiger partial charge in [-0.1, -0.05) is 24.3 Å². The molecule has 27 heavy (non-hydrogen) atoms. The van der Waals surface area contributed by atoms with Crippen LogP contribution in [0.25, 0.3) is 6.08 Å². The zero-order chi connectivity index (χ0) is 18.6. The fourth-order valence-corrected chi connectivity index (χ4v) is 3.65. The highest BCUT2D eigenvalue weighted by molar-refractivity contribution is 5.92. The van der Waals surface area contributed by atoms with Gasteiger partial charge in [-0.25, -0.2) is 0 Å². The van der Waals surface area contributed by atoms with Gasteiger partial charge in [0.2, 0.25) is 5.91 Å². The molecule has 0 aromatic heterocycles. The molecule has 0 spiro atoms. The number of rotatable bonds is 3. The summed E-state index contributed by atoms with van der Waals surface area (Å²) in [6.07, 6.45) is 5.17. The van der Waals surface area contributed by atoms with Crippen molar-refractivity contribution in [2.24, 2.45) is 0 Å². The van der Waals surface area contributed by atoms with E-state index < -0.39 is 0 Å². The number of benzene rings is 2. The van der Waals surface area contributed by atoms with E-state index in [9.17, 15) is 10.1 Å². The van der Waals surface area contributed by atoms with E-state index in [1.165, 1.54) is 0 Å². The number of nitriles is 1. The van der Waals surface area contributed by atoms with Gasteiger partial charge in [-0.3, -0.25) is 4.79 Å². The molecule has 1 amide bonds. The SMILES string of the molecule is N#Cc1ccccc1C=CC(=O)N1CCCC1c1ccc2c(c1)OCCO2. The summed E-state index contributed by atoms with van der Waals surface area (Å²) >= 11 is 0. The lowest BCUT2D eigenvalue weighted by Gasteiger charge is -2.26. The summed E-state index contributed by atoms with van der Waals surface area (Å²) in [6, 6.07) is 15.4. The molecule has 0 bridgehead atoms. The third-order valence-electron chi connectivity index (χ3n) is 4.97. The molecule has 2 aromatic rings. The molecule has 1 atom stereocenters. The van der Waals surface area contributed by atoms with Crippen molar-refractivity contribution >= 4 is 12.0 Å². The fraction of sp³-hybridized carbons (Fsp3) is 0.273. The number of nitrogens with zero attached hydrogens (tertiary/aromatic N) is 2. The van der Waals surface area contributed by atoms with E-state index in [0.29, 0.717) is 18.8 Å². The van der Waals surface area contributed by atoms with Crippen molar-refractivity contribution in [1.29, 1.82) is 5.26 Å². The Morgan fingerprint density at radius 2 is 1.96 bits per heavy atom. The second-order valence-corrected chi connectivity index (χ2v) is 6.63. The molecular weight excluding hydrogens is 340 g/mol. The summed E-state index contributed by atoms with van der Waals surface area (Å²) in [6.45, 7) is 1.84. The van der Waals surface area contributed by atoms with Crippen molar-refractivity contribution in [1.82, 2.24) is 4.90 Å². The predicted molar refractivity (Wildman–Crippen MR) is 101 cm³/mol. The number of carbonyl (C=O) groups is 1. The molecule has 5 nitrogen and oxygen atoms in total. The molecule has 2 aliphatic rings. The van der Waals surface area contributed by atoms with E-state index in [4.69, 9.17) is 9.47 Å². The minimum atomic E-state index is -0.0415. The molecule has 5 heteroatoms. The van der Waals surface area contributed by atoms with Crippen LogP contribution in [0.4, 0.5) is 0 Å². The number of hydrogen-bond acceptors (Lipinski definition) is 4. The highest BCUT2D eigenvalue weighted by Gasteiger charge is 2.29. The molecule has 2 aromatic carbocycles. The Morgan fingerprint density at radius 1 is 1.15 bits per heavy atom. The first-order valence-corrected chi connectivity index (χ1v) is 9.13. The number of fused-ring (bicyclic) bond motifs is 1. The zero-order valence-corrected chi connectivity index (χ0v) is 14.9. The quantitative estimate of drug-likeness (QED) is 0.783. The summed E-state index contributed by atoms with van der Waals surface area (Å²) in [5.74, 6) is 1.46. The second-order valence-electron chi connectivity index (χ2n) is 6.63. The van der Waals surface area contributed by atoms with Gasteiger partial charge in [0.15, 0.2) is 11.5 Å². The average Bonchev–Trinajstić information content (AvgIpc) is 3.22. The van der Waals surface area contributed by atoms with Gasteiger partial charge in [0.25, 0.3) is 0 Å².